The summed E-state index contributed by atoms with van der Waals surface area (Å²) in [6.45, 7) is 6.10. The third-order valence-corrected chi connectivity index (χ3v) is 6.04. The minimum absolute atomic E-state index is 0.135. The van der Waals surface area contributed by atoms with Crippen LogP contribution in [0.2, 0.25) is 5.02 Å². The summed E-state index contributed by atoms with van der Waals surface area (Å²) in [6, 6.07) is 7.68. The molecule has 0 aliphatic rings. The molecule has 0 saturated heterocycles. The fraction of sp³-hybridized carbons (Fsp3) is 0.294. The molecule has 0 spiro atoms. The zero-order valence-corrected chi connectivity index (χ0v) is 15.9. The summed E-state index contributed by atoms with van der Waals surface area (Å²) in [6.07, 6.45) is 1.44. The summed E-state index contributed by atoms with van der Waals surface area (Å²) in [4.78, 5) is 16.4. The second-order valence-corrected chi connectivity index (χ2v) is 7.75. The van der Waals surface area contributed by atoms with Crippen molar-refractivity contribution in [2.24, 2.45) is 0 Å². The lowest BCUT2D eigenvalue weighted by atomic mass is 10.2. The molecule has 0 unspecified atom stereocenters. The van der Waals surface area contributed by atoms with Gasteiger partial charge in [0.2, 0.25) is 10.0 Å². The van der Waals surface area contributed by atoms with Crippen LogP contribution in [0, 0.1) is 6.92 Å². The number of pyridine rings is 1. The normalized spacial score (nSPS) is 11.6. The molecule has 1 N–H and O–H groups in total. The second kappa shape index (κ2) is 7.95. The number of benzene rings is 1. The van der Waals surface area contributed by atoms with Gasteiger partial charge in [0.15, 0.2) is 0 Å². The van der Waals surface area contributed by atoms with Gasteiger partial charge in [0, 0.05) is 30.0 Å². The fourth-order valence-corrected chi connectivity index (χ4v) is 3.97. The lowest BCUT2D eigenvalue weighted by Gasteiger charge is -2.19. The molecule has 6 nitrogen and oxygen atoms in total. The molecule has 0 aliphatic heterocycles. The van der Waals surface area contributed by atoms with Gasteiger partial charge in [0.25, 0.3) is 5.91 Å². The molecule has 1 heterocycles. The van der Waals surface area contributed by atoms with Crippen molar-refractivity contribution in [1.82, 2.24) is 9.29 Å². The Morgan fingerprint density at radius 1 is 1.20 bits per heavy atom. The monoisotopic (exact) mass is 381 g/mol. The molecule has 2 rings (SSSR count). The summed E-state index contributed by atoms with van der Waals surface area (Å²) in [7, 11) is -3.60. The van der Waals surface area contributed by atoms with E-state index in [0.717, 1.165) is 5.56 Å². The summed E-state index contributed by atoms with van der Waals surface area (Å²) in [5.41, 5.74) is 1.32. The Labute approximate surface area is 152 Å². The van der Waals surface area contributed by atoms with Gasteiger partial charge >= 0.3 is 0 Å². The number of amides is 1. The number of halogens is 1. The number of anilines is 1. The van der Waals surface area contributed by atoms with Gasteiger partial charge in [-0.2, -0.15) is 4.31 Å². The number of aryl methyl sites for hydroxylation is 1. The van der Waals surface area contributed by atoms with E-state index < -0.39 is 15.9 Å². The number of hydrogen-bond acceptors (Lipinski definition) is 4. The smallest absolute Gasteiger partial charge is 0.274 e. The molecule has 134 valence electrons. The Balaban J connectivity index is 2.35. The molecule has 1 aromatic heterocycles. The van der Waals surface area contributed by atoms with Crippen LogP contribution in [-0.2, 0) is 10.0 Å². The van der Waals surface area contributed by atoms with Gasteiger partial charge in [-0.05, 0) is 36.8 Å². The molecule has 2 aromatic rings. The first-order chi connectivity index (χ1) is 11.8. The first kappa shape index (κ1) is 19.4. The van der Waals surface area contributed by atoms with Crippen LogP contribution in [0.3, 0.4) is 0 Å². The predicted octanol–water partition coefficient (Wildman–Crippen LogP) is 3.33. The highest BCUT2D eigenvalue weighted by molar-refractivity contribution is 7.89. The minimum atomic E-state index is -3.60. The summed E-state index contributed by atoms with van der Waals surface area (Å²) < 4.78 is 26.6. The molecule has 0 bridgehead atoms. The van der Waals surface area contributed by atoms with E-state index >= 15 is 0 Å². The van der Waals surface area contributed by atoms with Crippen LogP contribution in [0.1, 0.15) is 29.9 Å². The molecular formula is C17H20ClN3O3S. The fourth-order valence-electron chi connectivity index (χ4n) is 2.32. The van der Waals surface area contributed by atoms with Gasteiger partial charge in [-0.25, -0.2) is 8.42 Å². The molecule has 0 aliphatic carbocycles. The molecule has 0 fully saturated rings. The third kappa shape index (κ3) is 4.36. The number of carbonyl (C=O) groups is 1. The van der Waals surface area contributed by atoms with Crippen molar-refractivity contribution in [3.63, 3.8) is 0 Å². The van der Waals surface area contributed by atoms with Crippen molar-refractivity contribution < 1.29 is 13.2 Å². The van der Waals surface area contributed by atoms with E-state index in [0.29, 0.717) is 23.8 Å². The van der Waals surface area contributed by atoms with Crippen LogP contribution in [0.15, 0.2) is 41.4 Å². The van der Waals surface area contributed by atoms with E-state index in [1.54, 1.807) is 32.9 Å². The van der Waals surface area contributed by atoms with E-state index in [9.17, 15) is 13.2 Å². The molecular weight excluding hydrogens is 362 g/mol. The number of hydrogen-bond donors (Lipinski definition) is 1. The van der Waals surface area contributed by atoms with Crippen LogP contribution < -0.4 is 5.32 Å². The average Bonchev–Trinajstić information content (AvgIpc) is 2.57. The minimum Gasteiger partial charge on any atom is -0.320 e. The third-order valence-electron chi connectivity index (χ3n) is 3.76. The lowest BCUT2D eigenvalue weighted by molar-refractivity contribution is 0.102. The van der Waals surface area contributed by atoms with E-state index in [1.807, 2.05) is 0 Å². The summed E-state index contributed by atoms with van der Waals surface area (Å²) in [5, 5.41) is 3.10. The Kier molecular flexibility index (Phi) is 6.16. The molecule has 1 aromatic carbocycles. The SMILES string of the molecule is CCN(CC)S(=O)(=O)c1ccc(C)c(NC(=O)c2cc(Cl)ccn2)c1. The first-order valence-electron chi connectivity index (χ1n) is 7.83. The van der Waals surface area contributed by atoms with E-state index in [-0.39, 0.29) is 10.6 Å². The Bertz CT molecular complexity index is 880. The number of rotatable bonds is 6. The molecule has 8 heteroatoms. The lowest BCUT2D eigenvalue weighted by Crippen LogP contribution is -2.30. The van der Waals surface area contributed by atoms with Crippen molar-refractivity contribution in [2.45, 2.75) is 25.7 Å². The molecule has 1 amide bonds. The number of sulfonamides is 1. The van der Waals surface area contributed by atoms with Gasteiger partial charge in [0.1, 0.15) is 5.69 Å². The number of carbonyl (C=O) groups excluding carboxylic acids is 1. The number of nitrogens with zero attached hydrogens (tertiary/aromatic N) is 2. The van der Waals surface area contributed by atoms with Crippen molar-refractivity contribution in [3.8, 4) is 0 Å². The van der Waals surface area contributed by atoms with Crippen LogP contribution in [-0.4, -0.2) is 36.7 Å². The first-order valence-corrected chi connectivity index (χ1v) is 9.65. The van der Waals surface area contributed by atoms with Crippen molar-refractivity contribution in [3.05, 3.63) is 52.8 Å². The Morgan fingerprint density at radius 3 is 2.48 bits per heavy atom. The standard InChI is InChI=1S/C17H20ClN3O3S/c1-4-21(5-2)25(23,24)14-7-6-12(3)15(11-14)20-17(22)16-10-13(18)8-9-19-16/h6-11H,4-5H2,1-3H3,(H,20,22). The highest BCUT2D eigenvalue weighted by Gasteiger charge is 2.22. The maximum atomic E-state index is 12.6. The van der Waals surface area contributed by atoms with Crippen LogP contribution >= 0.6 is 11.6 Å². The van der Waals surface area contributed by atoms with Crippen LogP contribution in [0.25, 0.3) is 0 Å². The van der Waals surface area contributed by atoms with E-state index in [1.165, 1.54) is 28.7 Å². The molecule has 0 saturated carbocycles. The summed E-state index contributed by atoms with van der Waals surface area (Å²) in [5.74, 6) is -0.456. The second-order valence-electron chi connectivity index (χ2n) is 5.38. The number of nitrogens with one attached hydrogen (secondary N) is 1. The van der Waals surface area contributed by atoms with Crippen LogP contribution in [0.5, 0.6) is 0 Å². The maximum Gasteiger partial charge on any atom is 0.274 e. The molecule has 0 atom stereocenters. The summed E-state index contributed by atoms with van der Waals surface area (Å²) >= 11 is 5.87. The molecule has 0 radical (unpaired) electrons. The van der Waals surface area contributed by atoms with Crippen molar-refractivity contribution in [1.29, 1.82) is 0 Å². The zero-order valence-electron chi connectivity index (χ0n) is 14.3. The van der Waals surface area contributed by atoms with Crippen LogP contribution in [0.4, 0.5) is 5.69 Å². The van der Waals surface area contributed by atoms with Gasteiger partial charge in [-0.3, -0.25) is 9.78 Å². The average molecular weight is 382 g/mol. The quantitative estimate of drug-likeness (QED) is 0.832. The van der Waals surface area contributed by atoms with Gasteiger partial charge in [0.05, 0.1) is 4.90 Å². The zero-order chi connectivity index (χ0) is 18.6. The van der Waals surface area contributed by atoms with Crippen molar-refractivity contribution in [2.75, 3.05) is 18.4 Å². The van der Waals surface area contributed by atoms with Crippen molar-refractivity contribution >= 4 is 33.2 Å². The Morgan fingerprint density at radius 2 is 1.88 bits per heavy atom. The van der Waals surface area contributed by atoms with E-state index in [2.05, 4.69) is 10.3 Å². The largest absolute Gasteiger partial charge is 0.320 e. The van der Waals surface area contributed by atoms with Gasteiger partial charge < -0.3 is 5.32 Å². The van der Waals surface area contributed by atoms with Gasteiger partial charge in [-0.15, -0.1) is 0 Å². The molecule has 25 heavy (non-hydrogen) atoms. The van der Waals surface area contributed by atoms with Gasteiger partial charge in [-0.1, -0.05) is 31.5 Å². The predicted molar refractivity (Wildman–Crippen MR) is 98.5 cm³/mol. The topological polar surface area (TPSA) is 79.4 Å². The number of aromatic nitrogens is 1. The van der Waals surface area contributed by atoms with E-state index in [4.69, 9.17) is 11.6 Å². The highest BCUT2D eigenvalue weighted by Crippen LogP contribution is 2.23. The highest BCUT2D eigenvalue weighted by atomic mass is 35.5. The Hall–Kier alpha value is -1.96. The maximum absolute atomic E-state index is 12.6.